The number of carbonyl (C=O) groups is 2. The number of fused-ring (bicyclic) bond motifs is 1. The van der Waals surface area contributed by atoms with E-state index >= 15 is 0 Å². The average molecular weight is 367 g/mol. The van der Waals surface area contributed by atoms with Crippen molar-refractivity contribution in [1.82, 2.24) is 0 Å². The number of rotatable bonds is 6. The number of hydrogen-bond donors (Lipinski definition) is 2. The highest BCUT2D eigenvalue weighted by atomic mass is 16.5. The summed E-state index contributed by atoms with van der Waals surface area (Å²) in [5, 5.41) is 10.4. The third kappa shape index (κ3) is 4.20. The second kappa shape index (κ2) is 8.37. The molecule has 0 spiro atoms. The Bertz CT molecular complexity index is 854. The molecule has 0 fully saturated rings. The standard InChI is InChI=1S/C20H22BNO5/c1-2-26-20(24)17-8-4-7-15-10-16(21(25)27-19(15)17)11-18(23)14-6-3-5-13(9-14)12-22/h3-9,16,25H,2,10-12,22H2,1H3/t16-/m1/s1. The van der Waals surface area contributed by atoms with Gasteiger partial charge in [0.1, 0.15) is 11.3 Å². The first-order chi connectivity index (χ1) is 13.0. The summed E-state index contributed by atoms with van der Waals surface area (Å²) in [6.45, 7) is 2.34. The van der Waals surface area contributed by atoms with Crippen molar-refractivity contribution in [2.24, 2.45) is 5.73 Å². The topological polar surface area (TPSA) is 98.9 Å². The molecule has 1 atom stereocenters. The lowest BCUT2D eigenvalue weighted by atomic mass is 9.64. The molecule has 3 N–H and O–H groups in total. The third-order valence-corrected chi connectivity index (χ3v) is 4.65. The Balaban J connectivity index is 1.78. The number of ether oxygens (including phenoxy) is 1. The first-order valence-corrected chi connectivity index (χ1v) is 8.99. The van der Waals surface area contributed by atoms with Gasteiger partial charge in [-0.25, -0.2) is 4.79 Å². The van der Waals surface area contributed by atoms with Crippen LogP contribution in [-0.4, -0.2) is 30.5 Å². The van der Waals surface area contributed by atoms with Gasteiger partial charge in [0, 0.05) is 24.3 Å². The first kappa shape index (κ1) is 19.1. The molecule has 1 aliphatic heterocycles. The largest absolute Gasteiger partial charge is 0.535 e. The van der Waals surface area contributed by atoms with Gasteiger partial charge >= 0.3 is 13.1 Å². The number of para-hydroxylation sites is 1. The van der Waals surface area contributed by atoms with Crippen molar-refractivity contribution in [3.05, 3.63) is 64.7 Å². The SMILES string of the molecule is CCOC(=O)c1cccc2c1OB(O)[C@@H](CC(=O)c1cccc(CN)c1)C2. The van der Waals surface area contributed by atoms with Crippen LogP contribution in [-0.2, 0) is 17.7 Å². The van der Waals surface area contributed by atoms with Crippen LogP contribution in [0.3, 0.4) is 0 Å². The highest BCUT2D eigenvalue weighted by molar-refractivity contribution is 6.47. The molecule has 2 aromatic carbocycles. The summed E-state index contributed by atoms with van der Waals surface area (Å²) in [6, 6.07) is 12.3. The van der Waals surface area contributed by atoms with E-state index in [4.69, 9.17) is 15.1 Å². The van der Waals surface area contributed by atoms with Gasteiger partial charge in [-0.3, -0.25) is 4.79 Å². The third-order valence-electron chi connectivity index (χ3n) is 4.65. The fraction of sp³-hybridized carbons (Fsp3) is 0.300. The summed E-state index contributed by atoms with van der Waals surface area (Å²) in [5.74, 6) is -0.640. The fourth-order valence-electron chi connectivity index (χ4n) is 3.26. The molecule has 0 radical (unpaired) electrons. The van der Waals surface area contributed by atoms with Crippen LogP contribution in [0.2, 0.25) is 5.82 Å². The molecule has 0 bridgehead atoms. The summed E-state index contributed by atoms with van der Waals surface area (Å²) >= 11 is 0. The maximum absolute atomic E-state index is 12.6. The lowest BCUT2D eigenvalue weighted by Gasteiger charge is -2.28. The second-order valence-corrected chi connectivity index (χ2v) is 6.52. The predicted octanol–water partition coefficient (Wildman–Crippen LogP) is 2.38. The molecular weight excluding hydrogens is 345 g/mol. The maximum Gasteiger partial charge on any atom is 0.526 e. The van der Waals surface area contributed by atoms with E-state index in [9.17, 15) is 14.6 Å². The zero-order valence-corrected chi connectivity index (χ0v) is 15.2. The first-order valence-electron chi connectivity index (χ1n) is 8.99. The van der Waals surface area contributed by atoms with E-state index in [1.165, 1.54) is 0 Å². The van der Waals surface area contributed by atoms with E-state index in [2.05, 4.69) is 0 Å². The fourth-order valence-corrected chi connectivity index (χ4v) is 3.26. The van der Waals surface area contributed by atoms with Gasteiger partial charge in [-0.2, -0.15) is 0 Å². The number of esters is 1. The summed E-state index contributed by atoms with van der Waals surface area (Å²) < 4.78 is 10.6. The predicted molar refractivity (Wildman–Crippen MR) is 102 cm³/mol. The van der Waals surface area contributed by atoms with Crippen LogP contribution in [0.25, 0.3) is 0 Å². The summed E-state index contributed by atoms with van der Waals surface area (Å²) in [5.41, 5.74) is 8.14. The minimum atomic E-state index is -1.17. The summed E-state index contributed by atoms with van der Waals surface area (Å²) in [7, 11) is -1.17. The van der Waals surface area contributed by atoms with E-state index in [0.29, 0.717) is 24.3 Å². The number of ketones is 1. The maximum atomic E-state index is 12.6. The van der Waals surface area contributed by atoms with E-state index in [1.54, 1.807) is 37.3 Å². The van der Waals surface area contributed by atoms with Crippen LogP contribution in [0.15, 0.2) is 42.5 Å². The lowest BCUT2D eigenvalue weighted by molar-refractivity contribution is 0.0523. The molecule has 7 heteroatoms. The van der Waals surface area contributed by atoms with Crippen LogP contribution < -0.4 is 10.4 Å². The molecule has 2 aromatic rings. The van der Waals surface area contributed by atoms with Crippen LogP contribution in [0, 0.1) is 0 Å². The Morgan fingerprint density at radius 1 is 1.30 bits per heavy atom. The molecule has 140 valence electrons. The van der Waals surface area contributed by atoms with Gasteiger partial charge in [-0.05, 0) is 36.6 Å². The van der Waals surface area contributed by atoms with Gasteiger partial charge in [-0.15, -0.1) is 0 Å². The van der Waals surface area contributed by atoms with E-state index in [0.717, 1.165) is 11.1 Å². The number of benzene rings is 2. The molecule has 0 saturated heterocycles. The van der Waals surface area contributed by atoms with Crippen molar-refractivity contribution >= 4 is 18.9 Å². The van der Waals surface area contributed by atoms with E-state index in [-0.39, 0.29) is 24.4 Å². The minimum Gasteiger partial charge on any atom is -0.535 e. The van der Waals surface area contributed by atoms with Crippen molar-refractivity contribution in [3.8, 4) is 5.75 Å². The number of nitrogens with two attached hydrogens (primary N) is 1. The molecule has 0 saturated carbocycles. The smallest absolute Gasteiger partial charge is 0.526 e. The van der Waals surface area contributed by atoms with Crippen molar-refractivity contribution in [3.63, 3.8) is 0 Å². The van der Waals surface area contributed by atoms with E-state index in [1.807, 2.05) is 12.1 Å². The average Bonchev–Trinajstić information content (AvgIpc) is 2.68. The normalized spacial score (nSPS) is 15.7. The zero-order valence-electron chi connectivity index (χ0n) is 15.2. The molecule has 0 unspecified atom stereocenters. The molecule has 1 heterocycles. The van der Waals surface area contributed by atoms with Gasteiger partial charge in [-0.1, -0.05) is 30.3 Å². The Kier molecular flexibility index (Phi) is 5.93. The summed E-state index contributed by atoms with van der Waals surface area (Å²) in [6.07, 6.45) is 0.574. The molecule has 0 aliphatic carbocycles. The van der Waals surface area contributed by atoms with Gasteiger partial charge in [0.2, 0.25) is 0 Å². The number of Topliss-reactive ketones (excluding diaryl/α,β-unsaturated/α-hetero) is 1. The van der Waals surface area contributed by atoms with Gasteiger partial charge in [0.05, 0.1) is 6.61 Å². The van der Waals surface area contributed by atoms with Crippen molar-refractivity contribution in [2.45, 2.75) is 32.1 Å². The van der Waals surface area contributed by atoms with Crippen molar-refractivity contribution < 1.29 is 24.0 Å². The molecule has 0 aromatic heterocycles. The Morgan fingerprint density at radius 2 is 2.07 bits per heavy atom. The molecule has 6 nitrogen and oxygen atoms in total. The highest BCUT2D eigenvalue weighted by Crippen LogP contribution is 2.37. The van der Waals surface area contributed by atoms with Crippen LogP contribution >= 0.6 is 0 Å². The van der Waals surface area contributed by atoms with Crippen molar-refractivity contribution in [2.75, 3.05) is 6.61 Å². The number of carbonyl (C=O) groups excluding carboxylic acids is 2. The molecule has 27 heavy (non-hydrogen) atoms. The quantitative estimate of drug-likeness (QED) is 0.462. The Labute approximate surface area is 158 Å². The van der Waals surface area contributed by atoms with Gasteiger partial charge in [0.25, 0.3) is 0 Å². The van der Waals surface area contributed by atoms with Crippen molar-refractivity contribution in [1.29, 1.82) is 0 Å². The monoisotopic (exact) mass is 367 g/mol. The van der Waals surface area contributed by atoms with Gasteiger partial charge < -0.3 is 20.1 Å². The zero-order chi connectivity index (χ0) is 19.4. The lowest BCUT2D eigenvalue weighted by Crippen LogP contribution is -2.36. The molecule has 1 aliphatic rings. The minimum absolute atomic E-state index is 0.0806. The van der Waals surface area contributed by atoms with Gasteiger partial charge in [0.15, 0.2) is 5.78 Å². The van der Waals surface area contributed by atoms with E-state index < -0.39 is 18.9 Å². The van der Waals surface area contributed by atoms with Crippen LogP contribution in [0.5, 0.6) is 5.75 Å². The molecule has 0 amide bonds. The number of hydrogen-bond acceptors (Lipinski definition) is 6. The summed E-state index contributed by atoms with van der Waals surface area (Å²) in [4.78, 5) is 24.7. The van der Waals surface area contributed by atoms with Crippen LogP contribution in [0.1, 0.15) is 45.2 Å². The Hall–Kier alpha value is -2.64. The second-order valence-electron chi connectivity index (χ2n) is 6.52. The van der Waals surface area contributed by atoms with Crippen LogP contribution in [0.4, 0.5) is 0 Å². The highest BCUT2D eigenvalue weighted by Gasteiger charge is 2.38. The Morgan fingerprint density at radius 3 is 2.81 bits per heavy atom. The molecular formula is C20H22BNO5. The molecule has 3 rings (SSSR count).